The van der Waals surface area contributed by atoms with Gasteiger partial charge in [-0.2, -0.15) is 0 Å². The molecule has 9 heavy (non-hydrogen) atoms. The van der Waals surface area contributed by atoms with Crippen LogP contribution in [0.25, 0.3) is 0 Å². The van der Waals surface area contributed by atoms with Gasteiger partial charge in [0.25, 0.3) is 0 Å². The van der Waals surface area contributed by atoms with Crippen molar-refractivity contribution >= 4 is 23.2 Å². The summed E-state index contributed by atoms with van der Waals surface area (Å²) >= 11 is 10.4. The molecule has 0 aromatic heterocycles. The second-order valence-electron chi connectivity index (χ2n) is 1.58. The van der Waals surface area contributed by atoms with Crippen LogP contribution in [0.3, 0.4) is 0 Å². The fraction of sp³-hybridized carbons (Fsp3) is 1.00. The number of aliphatic hydroxyl groups is 3. The van der Waals surface area contributed by atoms with E-state index in [1.807, 2.05) is 0 Å². The number of halogens is 2. The molecule has 56 valence electrons. The van der Waals surface area contributed by atoms with Crippen molar-refractivity contribution in [3.05, 3.63) is 0 Å². The zero-order chi connectivity index (χ0) is 7.44. The van der Waals surface area contributed by atoms with Crippen LogP contribution in [-0.2, 0) is 0 Å². The van der Waals surface area contributed by atoms with Crippen LogP contribution >= 0.6 is 23.2 Å². The van der Waals surface area contributed by atoms with E-state index in [1.165, 1.54) is 0 Å². The maximum atomic E-state index is 8.71. The summed E-state index contributed by atoms with van der Waals surface area (Å²) in [6, 6.07) is 0. The van der Waals surface area contributed by atoms with Gasteiger partial charge in [-0.3, -0.25) is 0 Å². The fourth-order valence-electron chi connectivity index (χ4n) is 0.284. The Morgan fingerprint density at radius 1 is 1.22 bits per heavy atom. The highest BCUT2D eigenvalue weighted by molar-refractivity contribution is 6.23. The van der Waals surface area contributed by atoms with Crippen LogP contribution in [0, 0.1) is 0 Å². The summed E-state index contributed by atoms with van der Waals surface area (Å²) in [6.07, 6.45) is -2.80. The van der Waals surface area contributed by atoms with Gasteiger partial charge < -0.3 is 15.3 Å². The van der Waals surface area contributed by atoms with E-state index in [0.29, 0.717) is 0 Å². The number of rotatable bonds is 3. The van der Waals surface area contributed by atoms with Crippen molar-refractivity contribution < 1.29 is 15.3 Å². The third kappa shape index (κ3) is 3.23. The highest BCUT2D eigenvalue weighted by atomic mass is 35.5. The molecule has 3 nitrogen and oxygen atoms in total. The number of aliphatic hydroxyl groups excluding tert-OH is 2. The molecule has 0 fully saturated rings. The molecule has 0 heterocycles. The molecule has 0 radical (unpaired) electrons. The van der Waals surface area contributed by atoms with E-state index in [0.717, 1.165) is 0 Å². The Bertz CT molecular complexity index is 78.2. The Hall–Kier alpha value is 0.460. The fourth-order valence-corrected chi connectivity index (χ4v) is 0.656. The topological polar surface area (TPSA) is 60.7 Å². The minimum absolute atomic E-state index is 0.105. The lowest BCUT2D eigenvalue weighted by Crippen LogP contribution is -2.33. The van der Waals surface area contributed by atoms with Gasteiger partial charge in [0.1, 0.15) is 5.38 Å². The molecule has 0 aliphatic rings. The molecule has 2 atom stereocenters. The van der Waals surface area contributed by atoms with Crippen molar-refractivity contribution in [1.82, 2.24) is 0 Å². The summed E-state index contributed by atoms with van der Waals surface area (Å²) in [5.74, 6) is -0.105. The van der Waals surface area contributed by atoms with E-state index in [-0.39, 0.29) is 5.88 Å². The first-order valence-electron chi connectivity index (χ1n) is 2.33. The lowest BCUT2D eigenvalue weighted by Gasteiger charge is -2.15. The van der Waals surface area contributed by atoms with Crippen LogP contribution < -0.4 is 0 Å². The summed E-state index contributed by atoms with van der Waals surface area (Å²) in [7, 11) is 0. The van der Waals surface area contributed by atoms with E-state index >= 15 is 0 Å². The van der Waals surface area contributed by atoms with E-state index < -0.39 is 17.8 Å². The molecule has 0 aromatic rings. The van der Waals surface area contributed by atoms with Gasteiger partial charge >= 0.3 is 0 Å². The van der Waals surface area contributed by atoms with Gasteiger partial charge in [-0.15, -0.1) is 23.2 Å². The minimum atomic E-state index is -1.72. The van der Waals surface area contributed by atoms with Gasteiger partial charge in [0.15, 0.2) is 6.29 Å². The first kappa shape index (κ1) is 9.46. The largest absolute Gasteiger partial charge is 0.390 e. The summed E-state index contributed by atoms with van der Waals surface area (Å²) in [5, 5.41) is 24.3. The molecule has 0 bridgehead atoms. The van der Waals surface area contributed by atoms with Crippen LogP contribution in [0.1, 0.15) is 0 Å². The number of alkyl halides is 2. The lowest BCUT2D eigenvalue weighted by molar-refractivity contribution is -0.0621. The minimum Gasteiger partial charge on any atom is -0.390 e. The maximum Gasteiger partial charge on any atom is 0.170 e. The van der Waals surface area contributed by atoms with E-state index in [4.69, 9.17) is 38.5 Å². The van der Waals surface area contributed by atoms with Crippen LogP contribution in [0.2, 0.25) is 0 Å². The molecule has 0 saturated carbocycles. The predicted octanol–water partition coefficient (Wildman–Crippen LogP) is -0.496. The predicted molar refractivity (Wildman–Crippen MR) is 34.6 cm³/mol. The SMILES string of the molecule is OC(O)[C@@H](Cl)[C@H](O)CCl. The van der Waals surface area contributed by atoms with Crippen molar-refractivity contribution in [3.8, 4) is 0 Å². The van der Waals surface area contributed by atoms with Crippen LogP contribution in [-0.4, -0.2) is 39.0 Å². The molecular weight excluding hydrogens is 167 g/mol. The Balaban J connectivity index is 3.58. The van der Waals surface area contributed by atoms with Gasteiger partial charge in [-0.1, -0.05) is 0 Å². The first-order valence-corrected chi connectivity index (χ1v) is 3.31. The third-order valence-corrected chi connectivity index (χ3v) is 1.64. The van der Waals surface area contributed by atoms with Crippen molar-refractivity contribution in [2.75, 3.05) is 5.88 Å². The second-order valence-corrected chi connectivity index (χ2v) is 2.39. The smallest absolute Gasteiger partial charge is 0.170 e. The molecule has 3 N–H and O–H groups in total. The molecule has 0 aliphatic carbocycles. The Morgan fingerprint density at radius 3 is 1.78 bits per heavy atom. The molecule has 0 amide bonds. The quantitative estimate of drug-likeness (QED) is 0.400. The normalized spacial score (nSPS) is 18.0. The van der Waals surface area contributed by atoms with Gasteiger partial charge in [0.05, 0.1) is 12.0 Å². The average molecular weight is 175 g/mol. The highest BCUT2D eigenvalue weighted by Crippen LogP contribution is 2.07. The highest BCUT2D eigenvalue weighted by Gasteiger charge is 2.21. The van der Waals surface area contributed by atoms with Gasteiger partial charge in [-0.25, -0.2) is 0 Å². The lowest BCUT2D eigenvalue weighted by atomic mass is 10.3. The second kappa shape index (κ2) is 4.30. The number of hydrogen-bond donors (Lipinski definition) is 3. The van der Waals surface area contributed by atoms with Gasteiger partial charge in [-0.05, 0) is 0 Å². The Labute approximate surface area is 62.8 Å². The zero-order valence-corrected chi connectivity index (χ0v) is 6.05. The van der Waals surface area contributed by atoms with E-state index in [2.05, 4.69) is 0 Å². The monoisotopic (exact) mass is 174 g/mol. The van der Waals surface area contributed by atoms with Crippen molar-refractivity contribution in [3.63, 3.8) is 0 Å². The standard InChI is InChI=1S/C4H8Cl2O3/c5-1-2(7)3(6)4(8)9/h2-4,7-9H,1H2/t2-,3+/m1/s1. The van der Waals surface area contributed by atoms with Crippen LogP contribution in [0.15, 0.2) is 0 Å². The molecular formula is C4H8Cl2O3. The van der Waals surface area contributed by atoms with Crippen molar-refractivity contribution in [2.45, 2.75) is 17.8 Å². The molecule has 0 spiro atoms. The summed E-state index contributed by atoms with van der Waals surface area (Å²) < 4.78 is 0. The number of hydrogen-bond acceptors (Lipinski definition) is 3. The molecule has 0 saturated heterocycles. The Morgan fingerprint density at radius 2 is 1.67 bits per heavy atom. The van der Waals surface area contributed by atoms with Crippen LogP contribution in [0.5, 0.6) is 0 Å². The van der Waals surface area contributed by atoms with Gasteiger partial charge in [0, 0.05) is 0 Å². The summed E-state index contributed by atoms with van der Waals surface area (Å²) in [6.45, 7) is 0. The molecule has 0 unspecified atom stereocenters. The van der Waals surface area contributed by atoms with E-state index in [9.17, 15) is 0 Å². The van der Waals surface area contributed by atoms with Gasteiger partial charge in [0.2, 0.25) is 0 Å². The molecule has 0 aliphatic heterocycles. The van der Waals surface area contributed by atoms with Crippen molar-refractivity contribution in [1.29, 1.82) is 0 Å². The van der Waals surface area contributed by atoms with Crippen LogP contribution in [0.4, 0.5) is 0 Å². The molecule has 0 aromatic carbocycles. The summed E-state index contributed by atoms with van der Waals surface area (Å²) in [5.41, 5.74) is 0. The zero-order valence-electron chi connectivity index (χ0n) is 4.54. The van der Waals surface area contributed by atoms with Crippen molar-refractivity contribution in [2.24, 2.45) is 0 Å². The third-order valence-electron chi connectivity index (χ3n) is 0.810. The average Bonchev–Trinajstić information content (AvgIpc) is 1.84. The molecule has 5 heteroatoms. The summed E-state index contributed by atoms with van der Waals surface area (Å²) in [4.78, 5) is 0. The first-order chi connectivity index (χ1) is 4.09. The van der Waals surface area contributed by atoms with E-state index in [1.54, 1.807) is 0 Å². The Kier molecular flexibility index (Phi) is 4.52. The molecule has 0 rings (SSSR count). The maximum absolute atomic E-state index is 8.71.